The molecule has 4 aliphatic carbocycles. The quantitative estimate of drug-likeness (QED) is 0.418. The molecule has 4 saturated carbocycles. The maximum Gasteiger partial charge on any atom is 0.0574 e. The molecule has 0 spiro atoms. The van der Waals surface area contributed by atoms with Crippen molar-refractivity contribution in [2.45, 2.75) is 118 Å². The SMILES string of the molecule is COC1CCC2(C)C3CCC4(C)C(CCC4[C@H](C)CCCC(C)C)C3CC[C@H]2C1.F. The zero-order chi connectivity index (χ0) is 20.8. The molecule has 0 aromatic heterocycles. The molecule has 0 radical (unpaired) electrons. The molecule has 0 heterocycles. The van der Waals surface area contributed by atoms with Gasteiger partial charge in [-0.3, -0.25) is 4.70 Å². The number of fused-ring (bicyclic) bond motifs is 5. The van der Waals surface area contributed by atoms with Gasteiger partial charge in [0.05, 0.1) is 6.10 Å². The summed E-state index contributed by atoms with van der Waals surface area (Å²) in [6.07, 6.45) is 18.1. The lowest BCUT2D eigenvalue weighted by Crippen LogP contribution is -2.54. The highest BCUT2D eigenvalue weighted by Crippen LogP contribution is 2.68. The van der Waals surface area contributed by atoms with Crippen LogP contribution in [0.5, 0.6) is 0 Å². The fourth-order valence-corrected chi connectivity index (χ4v) is 9.46. The highest BCUT2D eigenvalue weighted by atomic mass is 19.0. The summed E-state index contributed by atoms with van der Waals surface area (Å²) >= 11 is 0. The third-order valence-corrected chi connectivity index (χ3v) is 11.2. The summed E-state index contributed by atoms with van der Waals surface area (Å²) in [5.74, 6) is 6.79. The van der Waals surface area contributed by atoms with Gasteiger partial charge >= 0.3 is 0 Å². The molecule has 0 aliphatic heterocycles. The van der Waals surface area contributed by atoms with E-state index in [2.05, 4.69) is 34.6 Å². The Morgan fingerprint density at radius 3 is 2.23 bits per heavy atom. The van der Waals surface area contributed by atoms with Crippen molar-refractivity contribution in [1.82, 2.24) is 0 Å². The molecule has 9 atom stereocenters. The van der Waals surface area contributed by atoms with Gasteiger partial charge in [-0.05, 0) is 110 Å². The van der Waals surface area contributed by atoms with Crippen LogP contribution < -0.4 is 0 Å². The van der Waals surface area contributed by atoms with Crippen molar-refractivity contribution in [1.29, 1.82) is 0 Å². The molecular formula is C28H51FO. The summed E-state index contributed by atoms with van der Waals surface area (Å²) in [6, 6.07) is 0. The molecule has 2 heteroatoms. The molecule has 4 rings (SSSR count). The van der Waals surface area contributed by atoms with Crippen molar-refractivity contribution in [3.05, 3.63) is 0 Å². The van der Waals surface area contributed by atoms with Crippen molar-refractivity contribution in [2.75, 3.05) is 7.11 Å². The monoisotopic (exact) mass is 422 g/mol. The minimum absolute atomic E-state index is 0. The molecule has 30 heavy (non-hydrogen) atoms. The Bertz CT molecular complexity index is 561. The number of hydrogen-bond donors (Lipinski definition) is 0. The van der Waals surface area contributed by atoms with Crippen LogP contribution in [-0.4, -0.2) is 13.2 Å². The van der Waals surface area contributed by atoms with Crippen LogP contribution in [0.1, 0.15) is 112 Å². The van der Waals surface area contributed by atoms with Gasteiger partial charge in [0.25, 0.3) is 0 Å². The maximum absolute atomic E-state index is 5.79. The van der Waals surface area contributed by atoms with E-state index < -0.39 is 0 Å². The standard InChI is InChI=1S/C28H50O.FH/c1-19(2)8-7-9-20(3)24-12-13-25-23-11-10-21-18-22(29-6)14-16-27(21,4)26(23)15-17-28(24,25)5;/h19-26H,7-18H2,1-6H3;1H/t20-,21+,22?,23?,24?,25?,26?,27?,28?;/m1./s1. The van der Waals surface area contributed by atoms with Crippen molar-refractivity contribution in [3.8, 4) is 0 Å². The Morgan fingerprint density at radius 2 is 1.53 bits per heavy atom. The normalized spacial score (nSPS) is 46.5. The maximum atomic E-state index is 5.79. The van der Waals surface area contributed by atoms with E-state index in [0.717, 1.165) is 41.4 Å². The zero-order valence-corrected chi connectivity index (χ0v) is 20.9. The van der Waals surface area contributed by atoms with Crippen LogP contribution in [0.4, 0.5) is 4.70 Å². The summed E-state index contributed by atoms with van der Waals surface area (Å²) in [5, 5.41) is 0. The minimum Gasteiger partial charge on any atom is -0.381 e. The Hall–Kier alpha value is -0.110. The van der Waals surface area contributed by atoms with Gasteiger partial charge in [0.15, 0.2) is 0 Å². The van der Waals surface area contributed by atoms with E-state index in [1.165, 1.54) is 77.0 Å². The first kappa shape index (κ1) is 24.5. The number of ether oxygens (including phenoxy) is 1. The van der Waals surface area contributed by atoms with Gasteiger partial charge in [0, 0.05) is 7.11 Å². The van der Waals surface area contributed by atoms with Crippen molar-refractivity contribution in [2.24, 2.45) is 52.3 Å². The minimum atomic E-state index is 0. The van der Waals surface area contributed by atoms with E-state index in [1.54, 1.807) is 0 Å². The van der Waals surface area contributed by atoms with Crippen LogP contribution in [0.2, 0.25) is 0 Å². The molecule has 4 aliphatic rings. The number of methoxy groups -OCH3 is 1. The molecule has 0 bridgehead atoms. The third-order valence-electron chi connectivity index (χ3n) is 11.2. The summed E-state index contributed by atoms with van der Waals surface area (Å²) in [7, 11) is 1.94. The predicted octanol–water partition coefficient (Wildman–Crippen LogP) is 8.28. The molecule has 0 amide bonds. The lowest BCUT2D eigenvalue weighted by Gasteiger charge is -2.61. The Kier molecular flexibility index (Phi) is 7.69. The first-order chi connectivity index (χ1) is 13.8. The fourth-order valence-electron chi connectivity index (χ4n) is 9.46. The molecule has 1 nitrogen and oxygen atoms in total. The lowest BCUT2D eigenvalue weighted by atomic mass is 9.44. The zero-order valence-electron chi connectivity index (χ0n) is 20.9. The summed E-state index contributed by atoms with van der Waals surface area (Å²) in [6.45, 7) is 12.8. The molecule has 0 aromatic carbocycles. The van der Waals surface area contributed by atoms with E-state index in [-0.39, 0.29) is 4.70 Å². The predicted molar refractivity (Wildman–Crippen MR) is 126 cm³/mol. The molecule has 0 N–H and O–H groups in total. The first-order valence-corrected chi connectivity index (χ1v) is 13.3. The van der Waals surface area contributed by atoms with E-state index in [0.29, 0.717) is 16.9 Å². The van der Waals surface area contributed by atoms with Crippen LogP contribution in [-0.2, 0) is 4.74 Å². The van der Waals surface area contributed by atoms with Gasteiger partial charge < -0.3 is 4.74 Å². The van der Waals surface area contributed by atoms with Gasteiger partial charge in [-0.25, -0.2) is 0 Å². The number of hydrogen-bond acceptors (Lipinski definition) is 1. The van der Waals surface area contributed by atoms with Crippen molar-refractivity contribution in [3.63, 3.8) is 0 Å². The summed E-state index contributed by atoms with van der Waals surface area (Å²) in [5.41, 5.74) is 1.26. The average Bonchev–Trinajstić information content (AvgIpc) is 3.04. The highest BCUT2D eigenvalue weighted by molar-refractivity contribution is 5.09. The highest BCUT2D eigenvalue weighted by Gasteiger charge is 2.60. The van der Waals surface area contributed by atoms with Gasteiger partial charge in [-0.1, -0.05) is 53.9 Å². The van der Waals surface area contributed by atoms with Gasteiger partial charge in [0.1, 0.15) is 0 Å². The average molecular weight is 423 g/mol. The smallest absolute Gasteiger partial charge is 0.0574 e. The van der Waals surface area contributed by atoms with Crippen LogP contribution >= 0.6 is 0 Å². The largest absolute Gasteiger partial charge is 0.381 e. The molecule has 0 aromatic rings. The van der Waals surface area contributed by atoms with Crippen molar-refractivity contribution >= 4 is 0 Å². The Morgan fingerprint density at radius 1 is 0.833 bits per heavy atom. The Balaban J connectivity index is 0.00000256. The topological polar surface area (TPSA) is 9.23 Å². The first-order valence-electron chi connectivity index (χ1n) is 13.3. The number of rotatable bonds is 6. The third kappa shape index (κ3) is 4.13. The van der Waals surface area contributed by atoms with E-state index >= 15 is 0 Å². The molecule has 176 valence electrons. The van der Waals surface area contributed by atoms with Gasteiger partial charge in [-0.15, -0.1) is 0 Å². The summed E-state index contributed by atoms with van der Waals surface area (Å²) < 4.78 is 5.79. The molecule has 0 saturated heterocycles. The molecular weight excluding hydrogens is 371 g/mol. The van der Waals surface area contributed by atoms with E-state index in [4.69, 9.17) is 4.74 Å². The van der Waals surface area contributed by atoms with Crippen LogP contribution in [0.15, 0.2) is 0 Å². The second kappa shape index (κ2) is 9.40. The van der Waals surface area contributed by atoms with E-state index in [1.807, 2.05) is 7.11 Å². The van der Waals surface area contributed by atoms with Crippen LogP contribution in [0, 0.1) is 52.3 Å². The fraction of sp³-hybridized carbons (Fsp3) is 1.00. The lowest BCUT2D eigenvalue weighted by molar-refractivity contribution is -0.133. The van der Waals surface area contributed by atoms with Crippen LogP contribution in [0.25, 0.3) is 0 Å². The second-order valence-electron chi connectivity index (χ2n) is 12.8. The Labute approximate surface area is 186 Å². The number of halogens is 1. The van der Waals surface area contributed by atoms with Crippen LogP contribution in [0.3, 0.4) is 0 Å². The molecule has 4 fully saturated rings. The second-order valence-corrected chi connectivity index (χ2v) is 12.8. The van der Waals surface area contributed by atoms with E-state index in [9.17, 15) is 0 Å². The van der Waals surface area contributed by atoms with Crippen molar-refractivity contribution < 1.29 is 9.44 Å². The summed E-state index contributed by atoms with van der Waals surface area (Å²) in [4.78, 5) is 0. The van der Waals surface area contributed by atoms with Gasteiger partial charge in [-0.2, -0.15) is 0 Å². The molecule has 7 unspecified atom stereocenters. The van der Waals surface area contributed by atoms with Gasteiger partial charge in [0.2, 0.25) is 0 Å².